The number of piperidine rings is 1. The van der Waals surface area contributed by atoms with Crippen molar-refractivity contribution < 1.29 is 14.6 Å². The molecule has 0 amide bonds. The highest BCUT2D eigenvalue weighted by Gasteiger charge is 2.51. The number of fused-ring (bicyclic) bond motifs is 2. The third kappa shape index (κ3) is 4.06. The summed E-state index contributed by atoms with van der Waals surface area (Å²) >= 11 is 0. The van der Waals surface area contributed by atoms with Crippen LogP contribution < -0.4 is 9.47 Å². The minimum Gasteiger partial charge on any atom is -0.493 e. The predicted octanol–water partition coefficient (Wildman–Crippen LogP) is 4.53. The highest BCUT2D eigenvalue weighted by Crippen LogP contribution is 2.49. The van der Waals surface area contributed by atoms with Crippen LogP contribution >= 0.6 is 0 Å². The average molecular weight is 423 g/mol. The van der Waals surface area contributed by atoms with Crippen LogP contribution in [0.2, 0.25) is 0 Å². The van der Waals surface area contributed by atoms with E-state index in [0.717, 1.165) is 62.4 Å². The molecule has 2 aliphatic carbocycles. The Morgan fingerprint density at radius 2 is 1.81 bits per heavy atom. The fraction of sp³-hybridized carbons (Fsp3) is 0.577. The Labute approximate surface area is 185 Å². The summed E-state index contributed by atoms with van der Waals surface area (Å²) in [6, 6.07) is 10.4. The Balaban J connectivity index is 1.30. The minimum atomic E-state index is -0.750. The number of benzene rings is 1. The van der Waals surface area contributed by atoms with Gasteiger partial charge in [0.2, 0.25) is 0 Å². The maximum absolute atomic E-state index is 11.8. The van der Waals surface area contributed by atoms with Crippen LogP contribution in [0.25, 0.3) is 0 Å². The molecule has 1 aromatic carbocycles. The van der Waals surface area contributed by atoms with Crippen LogP contribution in [-0.4, -0.2) is 41.3 Å². The number of rotatable bonds is 6. The van der Waals surface area contributed by atoms with E-state index >= 15 is 0 Å². The lowest BCUT2D eigenvalue weighted by Gasteiger charge is -2.53. The number of aliphatic hydroxyl groups is 1. The Hall–Kier alpha value is -2.11. The van der Waals surface area contributed by atoms with E-state index in [0.29, 0.717) is 6.10 Å². The van der Waals surface area contributed by atoms with Crippen molar-refractivity contribution in [1.29, 1.82) is 0 Å². The van der Waals surface area contributed by atoms with Gasteiger partial charge in [-0.05, 0) is 62.3 Å². The van der Waals surface area contributed by atoms with Gasteiger partial charge in [-0.15, -0.1) is 0 Å². The molecule has 0 spiro atoms. The molecule has 5 rings (SSSR count). The Morgan fingerprint density at radius 1 is 1.03 bits per heavy atom. The zero-order valence-electron chi connectivity index (χ0n) is 18.5. The fourth-order valence-electron chi connectivity index (χ4n) is 6.09. The first-order chi connectivity index (χ1) is 15.2. The minimum absolute atomic E-state index is 0.246. The summed E-state index contributed by atoms with van der Waals surface area (Å²) in [4.78, 5) is 6.79. The lowest BCUT2D eigenvalue weighted by atomic mass is 9.63. The lowest BCUT2D eigenvalue weighted by molar-refractivity contribution is -0.148. The molecule has 2 saturated carbocycles. The monoisotopic (exact) mass is 422 g/mol. The maximum Gasteiger partial charge on any atom is 0.161 e. The maximum atomic E-state index is 11.8. The fourth-order valence-corrected chi connectivity index (χ4v) is 6.09. The number of methoxy groups -OCH3 is 1. The van der Waals surface area contributed by atoms with Gasteiger partial charge >= 0.3 is 0 Å². The van der Waals surface area contributed by atoms with Crippen LogP contribution in [0.15, 0.2) is 42.7 Å². The molecule has 1 N–H and O–H groups in total. The van der Waals surface area contributed by atoms with E-state index in [9.17, 15) is 5.11 Å². The highest BCUT2D eigenvalue weighted by molar-refractivity contribution is 5.43. The second kappa shape index (κ2) is 8.79. The van der Waals surface area contributed by atoms with Gasteiger partial charge < -0.3 is 14.6 Å². The Kier molecular flexibility index (Phi) is 5.89. The molecular weight excluding hydrogens is 388 g/mol. The van der Waals surface area contributed by atoms with Gasteiger partial charge in [0.15, 0.2) is 11.5 Å². The van der Waals surface area contributed by atoms with Crippen molar-refractivity contribution in [2.75, 3.05) is 20.2 Å². The van der Waals surface area contributed by atoms with Gasteiger partial charge in [0.25, 0.3) is 0 Å². The summed E-state index contributed by atoms with van der Waals surface area (Å²) in [6.07, 6.45) is 12.1. The normalized spacial score (nSPS) is 29.1. The third-order valence-corrected chi connectivity index (χ3v) is 7.66. The molecule has 3 aliphatic rings. The Bertz CT molecular complexity index is 867. The van der Waals surface area contributed by atoms with Gasteiger partial charge in [0.1, 0.15) is 0 Å². The van der Waals surface area contributed by atoms with Crippen molar-refractivity contribution in [2.24, 2.45) is 11.8 Å². The van der Waals surface area contributed by atoms with E-state index in [4.69, 9.17) is 9.47 Å². The molecule has 1 aromatic heterocycles. The standard InChI is InChI=1S/C26H34N2O3/c1-30-25-14-19(11-12-24(25)31-23-9-2-3-10-23)16-28-17-21-6-4-7-22(18-28)26(21,29)20-8-5-13-27-15-20/h5,8,11-15,21-23,29H,2-4,6-7,9-10,16-18H2,1H3/t21-,22-/m1/s1. The van der Waals surface area contributed by atoms with E-state index in [1.54, 1.807) is 13.3 Å². The van der Waals surface area contributed by atoms with E-state index in [1.807, 2.05) is 18.3 Å². The van der Waals surface area contributed by atoms with Gasteiger partial charge in [0.05, 0.1) is 18.8 Å². The number of nitrogens with zero attached hydrogens (tertiary/aromatic N) is 2. The first-order valence-electron chi connectivity index (χ1n) is 11.9. The first-order valence-corrected chi connectivity index (χ1v) is 11.9. The third-order valence-electron chi connectivity index (χ3n) is 7.66. The van der Waals surface area contributed by atoms with Crippen molar-refractivity contribution in [3.8, 4) is 11.5 Å². The molecule has 0 unspecified atom stereocenters. The van der Waals surface area contributed by atoms with Crippen LogP contribution in [0.1, 0.15) is 56.1 Å². The van der Waals surface area contributed by atoms with Crippen LogP contribution in [0.4, 0.5) is 0 Å². The quantitative estimate of drug-likeness (QED) is 0.741. The number of likely N-dealkylation sites (tertiary alicyclic amines) is 1. The largest absolute Gasteiger partial charge is 0.493 e. The summed E-state index contributed by atoms with van der Waals surface area (Å²) in [7, 11) is 1.72. The second-order valence-electron chi connectivity index (χ2n) is 9.60. The molecule has 5 heteroatoms. The van der Waals surface area contributed by atoms with Crippen molar-refractivity contribution in [1.82, 2.24) is 9.88 Å². The predicted molar refractivity (Wildman–Crippen MR) is 120 cm³/mol. The van der Waals surface area contributed by atoms with Gasteiger partial charge in [0, 0.05) is 49.4 Å². The van der Waals surface area contributed by atoms with Gasteiger partial charge in [-0.3, -0.25) is 9.88 Å². The molecule has 1 aliphatic heterocycles. The van der Waals surface area contributed by atoms with Crippen molar-refractivity contribution in [3.63, 3.8) is 0 Å². The van der Waals surface area contributed by atoms with Gasteiger partial charge in [-0.25, -0.2) is 0 Å². The number of aromatic nitrogens is 1. The molecular formula is C26H34N2O3. The van der Waals surface area contributed by atoms with Gasteiger partial charge in [-0.2, -0.15) is 0 Å². The van der Waals surface area contributed by atoms with E-state index in [-0.39, 0.29) is 11.8 Å². The SMILES string of the molecule is COc1cc(CN2C[C@H]3CCC[C@H](C2)C3(O)c2cccnc2)ccc1OC1CCCC1. The topological polar surface area (TPSA) is 54.8 Å². The number of hydrogen-bond donors (Lipinski definition) is 1. The first kappa shape index (κ1) is 20.8. The molecule has 166 valence electrons. The highest BCUT2D eigenvalue weighted by atomic mass is 16.5. The van der Waals surface area contributed by atoms with E-state index in [1.165, 1.54) is 24.8 Å². The molecule has 3 fully saturated rings. The van der Waals surface area contributed by atoms with Gasteiger partial charge in [-0.1, -0.05) is 18.6 Å². The lowest BCUT2D eigenvalue weighted by Crippen LogP contribution is -2.57. The summed E-state index contributed by atoms with van der Waals surface area (Å²) in [5, 5.41) is 11.8. The number of hydrogen-bond acceptors (Lipinski definition) is 5. The zero-order chi connectivity index (χ0) is 21.3. The zero-order valence-corrected chi connectivity index (χ0v) is 18.5. The molecule has 1 saturated heterocycles. The summed E-state index contributed by atoms with van der Waals surface area (Å²) < 4.78 is 11.9. The molecule has 2 aromatic rings. The Morgan fingerprint density at radius 3 is 2.48 bits per heavy atom. The summed E-state index contributed by atoms with van der Waals surface area (Å²) in [5.41, 5.74) is 1.47. The molecule has 2 heterocycles. The van der Waals surface area contributed by atoms with Crippen molar-refractivity contribution in [3.05, 3.63) is 53.9 Å². The molecule has 0 radical (unpaired) electrons. The van der Waals surface area contributed by atoms with E-state index < -0.39 is 5.60 Å². The molecule has 5 nitrogen and oxygen atoms in total. The second-order valence-corrected chi connectivity index (χ2v) is 9.60. The van der Waals surface area contributed by atoms with E-state index in [2.05, 4.69) is 28.1 Å². The summed E-state index contributed by atoms with van der Waals surface area (Å²) in [5.74, 6) is 2.18. The molecule has 2 atom stereocenters. The van der Waals surface area contributed by atoms with Crippen LogP contribution in [0, 0.1) is 11.8 Å². The molecule has 31 heavy (non-hydrogen) atoms. The van der Waals surface area contributed by atoms with Crippen molar-refractivity contribution >= 4 is 0 Å². The number of ether oxygens (including phenoxy) is 2. The smallest absolute Gasteiger partial charge is 0.161 e. The summed E-state index contributed by atoms with van der Waals surface area (Å²) in [6.45, 7) is 2.69. The van der Waals surface area contributed by atoms with Crippen LogP contribution in [0.3, 0.4) is 0 Å². The van der Waals surface area contributed by atoms with Crippen molar-refractivity contribution in [2.45, 2.75) is 63.2 Å². The average Bonchev–Trinajstić information content (AvgIpc) is 3.29. The molecule has 2 bridgehead atoms. The van der Waals surface area contributed by atoms with Crippen LogP contribution in [0.5, 0.6) is 11.5 Å². The van der Waals surface area contributed by atoms with Crippen LogP contribution in [-0.2, 0) is 12.1 Å². The number of pyridine rings is 1.